The van der Waals surface area contributed by atoms with Crippen molar-refractivity contribution in [2.45, 2.75) is 155 Å². The number of cyclic esters (lactones) is 1. The van der Waals surface area contributed by atoms with Gasteiger partial charge in [0.05, 0.1) is 34.5 Å². The molecule has 0 amide bonds. The number of aliphatic hydroxyl groups excluding tert-OH is 1. The number of non-ortho nitro benzene ring substituents is 1. The molecule has 1 aromatic rings. The normalized spacial score (nSPS) is 33.2. The number of hydrogen-bond donors (Lipinski definition) is 4. The van der Waals surface area contributed by atoms with Gasteiger partial charge in [0.25, 0.3) is 5.69 Å². The second-order valence-electron chi connectivity index (χ2n) is 18.8. The molecular weight excluding hydrogens is 825 g/mol. The topological polar surface area (TPSA) is 221 Å². The monoisotopic (exact) mass is 905 g/mol. The highest BCUT2D eigenvalue weighted by molar-refractivity contribution is 6.00. The summed E-state index contributed by atoms with van der Waals surface area (Å²) in [5, 5.41) is 42.3. The molecule has 2 fully saturated rings. The van der Waals surface area contributed by atoms with Crippen LogP contribution in [0, 0.1) is 33.8 Å². The number of nitrogens with two attached hydrogens (primary N) is 1. The summed E-state index contributed by atoms with van der Waals surface area (Å²) in [7, 11) is 7.47. The second kappa shape index (κ2) is 25.3. The van der Waals surface area contributed by atoms with Crippen LogP contribution in [-0.4, -0.2) is 145 Å². The first-order valence-electron chi connectivity index (χ1n) is 23.0. The van der Waals surface area contributed by atoms with Crippen molar-refractivity contribution >= 4 is 23.2 Å². The van der Waals surface area contributed by atoms with Crippen LogP contribution in [0.5, 0.6) is 0 Å². The SMILES string of the molecule is CC[C@H]1OC(=O)[C@H](C)C(=O)[C@H](C)[C@@H](O[C@H]2C[C@@H](N(C)CC/C(N)=C/NCCCCc3ccc([N+](=O)[O-])cc3)C[C@@H](C)O2)[C@](C)(OC)C[C@@H](C)/C(=N\OCCN(C)C)[C@H](C)[C@@H](O)[C@]1(C)O. The molecule has 17 heteroatoms. The molecule has 0 aliphatic carbocycles. The standard InChI is InChI=1S/C47H80N6O11/c1-13-39-47(8,57)43(55)32(4)41(50-61-25-24-51(9)10)30(2)28-46(7,60-12)44(33(5)42(54)34(6)45(56)63-39)64-40-27-38(26-31(3)62-40)52(11)23-21-36(48)29-49-22-15-14-16-35-17-19-37(20-18-35)53(58)59/h17-20,29-34,38-40,43-44,49,55,57H,13-16,21-28,48H2,1-12H3/b36-29-,50-41+/t30-,31-,32+,33+,34-,38+,39-,40+,43-,44-,46-,47-/m1/s1. The first kappa shape index (κ1) is 54.6. The smallest absolute Gasteiger partial charge is 0.316 e. The number of likely N-dealkylation sites (N-methyl/N-ethyl adjacent to an activating group) is 1. The molecule has 3 rings (SSSR count). The van der Waals surface area contributed by atoms with Crippen LogP contribution in [-0.2, 0) is 39.8 Å². The van der Waals surface area contributed by atoms with Crippen LogP contribution < -0.4 is 11.1 Å². The predicted molar refractivity (Wildman–Crippen MR) is 246 cm³/mol. The number of ether oxygens (including phenoxy) is 4. The number of esters is 1. The predicted octanol–water partition coefficient (Wildman–Crippen LogP) is 5.20. The van der Waals surface area contributed by atoms with E-state index < -0.39 is 76.2 Å². The van der Waals surface area contributed by atoms with Gasteiger partial charge in [-0.15, -0.1) is 0 Å². The molecule has 64 heavy (non-hydrogen) atoms. The zero-order valence-electron chi connectivity index (χ0n) is 40.6. The van der Waals surface area contributed by atoms with Crippen molar-refractivity contribution in [3.05, 3.63) is 51.8 Å². The number of nitro groups is 1. The number of nitro benzene ring substituents is 1. The first-order chi connectivity index (χ1) is 30.1. The Morgan fingerprint density at radius 3 is 2.34 bits per heavy atom. The maximum atomic E-state index is 14.3. The summed E-state index contributed by atoms with van der Waals surface area (Å²) in [6, 6.07) is 6.74. The number of unbranched alkanes of at least 4 members (excludes halogenated alkanes) is 1. The summed E-state index contributed by atoms with van der Waals surface area (Å²) in [6.07, 6.45) is 2.59. The number of hydrogen-bond acceptors (Lipinski definition) is 16. The highest BCUT2D eigenvalue weighted by Gasteiger charge is 2.51. The first-order valence-corrected chi connectivity index (χ1v) is 23.0. The van der Waals surface area contributed by atoms with Crippen molar-refractivity contribution in [1.82, 2.24) is 15.1 Å². The van der Waals surface area contributed by atoms with Gasteiger partial charge in [0.2, 0.25) is 0 Å². The Bertz CT molecular complexity index is 1690. The summed E-state index contributed by atoms with van der Waals surface area (Å²) in [6.45, 7) is 16.3. The Labute approximate surface area is 381 Å². The second-order valence-corrected chi connectivity index (χ2v) is 18.8. The number of carbonyl (C=O) groups is 2. The summed E-state index contributed by atoms with van der Waals surface area (Å²) < 4.78 is 25.5. The Morgan fingerprint density at radius 1 is 1.06 bits per heavy atom. The fourth-order valence-corrected chi connectivity index (χ4v) is 8.95. The van der Waals surface area contributed by atoms with E-state index >= 15 is 0 Å². The molecule has 0 bridgehead atoms. The summed E-state index contributed by atoms with van der Waals surface area (Å²) in [4.78, 5) is 48.6. The molecule has 1 aromatic carbocycles. The zero-order chi connectivity index (χ0) is 47.9. The quantitative estimate of drug-likeness (QED) is 0.0461. The van der Waals surface area contributed by atoms with E-state index in [9.17, 15) is 29.9 Å². The highest BCUT2D eigenvalue weighted by Crippen LogP contribution is 2.38. The van der Waals surface area contributed by atoms with Crippen molar-refractivity contribution in [3.8, 4) is 0 Å². The number of oxime groups is 1. The number of aliphatic hydroxyl groups is 2. The molecule has 0 aromatic heterocycles. The molecule has 364 valence electrons. The number of aryl methyl sites for hydroxylation is 1. The number of ketones is 1. The van der Waals surface area contributed by atoms with Crippen molar-refractivity contribution in [2.75, 3.05) is 54.5 Å². The van der Waals surface area contributed by atoms with Gasteiger partial charge < -0.3 is 54.8 Å². The minimum absolute atomic E-state index is 0.0687. The van der Waals surface area contributed by atoms with E-state index in [1.165, 1.54) is 26.0 Å². The molecule has 2 aliphatic heterocycles. The van der Waals surface area contributed by atoms with Gasteiger partial charge in [-0.25, -0.2) is 0 Å². The maximum Gasteiger partial charge on any atom is 0.316 e. The molecule has 2 saturated heterocycles. The lowest BCUT2D eigenvalue weighted by Crippen LogP contribution is -2.58. The molecule has 2 heterocycles. The molecule has 0 saturated carbocycles. The molecule has 2 aliphatic rings. The van der Waals surface area contributed by atoms with Crippen molar-refractivity contribution in [2.24, 2.45) is 34.6 Å². The minimum Gasteiger partial charge on any atom is -0.459 e. The van der Waals surface area contributed by atoms with Crippen molar-refractivity contribution < 1.29 is 48.5 Å². The molecule has 0 unspecified atom stereocenters. The third-order valence-electron chi connectivity index (χ3n) is 13.2. The zero-order valence-corrected chi connectivity index (χ0v) is 40.6. The van der Waals surface area contributed by atoms with Crippen LogP contribution in [0.15, 0.2) is 41.3 Å². The van der Waals surface area contributed by atoms with Gasteiger partial charge in [-0.05, 0) is 92.9 Å². The van der Waals surface area contributed by atoms with E-state index in [0.29, 0.717) is 31.6 Å². The third-order valence-corrected chi connectivity index (χ3v) is 13.2. The molecule has 17 nitrogen and oxygen atoms in total. The van der Waals surface area contributed by atoms with Gasteiger partial charge in [-0.1, -0.05) is 45.0 Å². The van der Waals surface area contributed by atoms with Gasteiger partial charge in [0.1, 0.15) is 24.2 Å². The lowest BCUT2D eigenvalue weighted by Gasteiger charge is -2.46. The molecule has 5 N–H and O–H groups in total. The van der Waals surface area contributed by atoms with Crippen LogP contribution in [0.25, 0.3) is 0 Å². The van der Waals surface area contributed by atoms with Gasteiger partial charge in [-0.2, -0.15) is 0 Å². The Balaban J connectivity index is 1.79. The van der Waals surface area contributed by atoms with Crippen molar-refractivity contribution in [1.29, 1.82) is 0 Å². The van der Waals surface area contributed by atoms with E-state index in [0.717, 1.165) is 43.5 Å². The highest BCUT2D eigenvalue weighted by atomic mass is 16.7. The van der Waals surface area contributed by atoms with Gasteiger partial charge in [0.15, 0.2) is 12.1 Å². The number of methoxy groups -OCH3 is 1. The minimum atomic E-state index is -1.89. The maximum absolute atomic E-state index is 14.3. The number of nitrogens with one attached hydrogen (secondary N) is 1. The van der Waals surface area contributed by atoms with Gasteiger partial charge in [-0.3, -0.25) is 19.7 Å². The summed E-state index contributed by atoms with van der Waals surface area (Å²) >= 11 is 0. The number of Topliss-reactive ketones (excluding diaryl/α,β-unsaturated/α-hetero) is 1. The summed E-state index contributed by atoms with van der Waals surface area (Å²) in [5.41, 5.74) is 5.74. The summed E-state index contributed by atoms with van der Waals surface area (Å²) in [5.74, 6) is -4.42. The third kappa shape index (κ3) is 15.4. The lowest BCUT2D eigenvalue weighted by atomic mass is 9.74. The van der Waals surface area contributed by atoms with E-state index in [1.807, 2.05) is 46.0 Å². The van der Waals surface area contributed by atoms with Crippen LogP contribution in [0.1, 0.15) is 106 Å². The van der Waals surface area contributed by atoms with Crippen molar-refractivity contribution in [3.63, 3.8) is 0 Å². The molecule has 12 atom stereocenters. The molecule has 0 spiro atoms. The fourth-order valence-electron chi connectivity index (χ4n) is 8.95. The van der Waals surface area contributed by atoms with Crippen LogP contribution in [0.2, 0.25) is 0 Å². The Hall–Kier alpha value is -3.71. The van der Waals surface area contributed by atoms with Crippen LogP contribution >= 0.6 is 0 Å². The van der Waals surface area contributed by atoms with Crippen LogP contribution in [0.3, 0.4) is 0 Å². The van der Waals surface area contributed by atoms with Gasteiger partial charge in [0, 0.05) is 87.4 Å². The van der Waals surface area contributed by atoms with E-state index in [1.54, 1.807) is 40.0 Å². The lowest BCUT2D eigenvalue weighted by molar-refractivity contribution is -0.384. The number of nitrogens with zero attached hydrogens (tertiary/aromatic N) is 4. The average molecular weight is 905 g/mol. The Morgan fingerprint density at radius 2 is 1.73 bits per heavy atom. The van der Waals surface area contributed by atoms with Gasteiger partial charge >= 0.3 is 5.97 Å². The number of carbonyl (C=O) groups excluding carboxylic acids is 2. The van der Waals surface area contributed by atoms with E-state index in [-0.39, 0.29) is 37.3 Å². The Kier molecular flexibility index (Phi) is 21.6. The van der Waals surface area contributed by atoms with Crippen LogP contribution in [0.4, 0.5) is 5.69 Å². The molecule has 0 radical (unpaired) electrons. The van der Waals surface area contributed by atoms with E-state index in [4.69, 9.17) is 29.5 Å². The average Bonchev–Trinajstić information content (AvgIpc) is 3.25. The molecular formula is C47H80N6O11. The number of benzene rings is 1. The largest absolute Gasteiger partial charge is 0.459 e. The number of rotatable bonds is 19. The van der Waals surface area contributed by atoms with E-state index in [2.05, 4.69) is 22.4 Å². The fraction of sp³-hybridized carbons (Fsp3) is 0.766.